The predicted octanol–water partition coefficient (Wildman–Crippen LogP) is 3.40. The number of aromatic nitrogens is 3. The van der Waals surface area contributed by atoms with Crippen molar-refractivity contribution in [3.63, 3.8) is 0 Å². The molecule has 0 saturated carbocycles. The van der Waals surface area contributed by atoms with E-state index in [-0.39, 0.29) is 17.6 Å². The zero-order valence-corrected chi connectivity index (χ0v) is 17.6. The minimum atomic E-state index is -0.351. The Hall–Kier alpha value is -1.69. The number of nitrogens with zero attached hydrogens (tertiary/aromatic N) is 3. The lowest BCUT2D eigenvalue weighted by atomic mass is 10.4. The van der Waals surface area contributed by atoms with E-state index in [9.17, 15) is 9.59 Å². The molecule has 2 N–H and O–H groups in total. The molecule has 136 valence electrons. The molecule has 0 aliphatic heterocycles. The molecule has 0 spiro atoms. The van der Waals surface area contributed by atoms with Crippen molar-refractivity contribution in [1.82, 2.24) is 25.6 Å². The van der Waals surface area contributed by atoms with Gasteiger partial charge in [-0.2, -0.15) is 0 Å². The van der Waals surface area contributed by atoms with Gasteiger partial charge in [0.2, 0.25) is 5.91 Å². The van der Waals surface area contributed by atoms with E-state index in [1.807, 2.05) is 29.0 Å². The molecule has 0 aromatic carbocycles. The quantitative estimate of drug-likeness (QED) is 0.424. The van der Waals surface area contributed by atoms with Gasteiger partial charge >= 0.3 is 0 Å². The van der Waals surface area contributed by atoms with Crippen molar-refractivity contribution >= 4 is 62.2 Å². The summed E-state index contributed by atoms with van der Waals surface area (Å²) in [7, 11) is 0. The molecule has 3 heterocycles. The minimum absolute atomic E-state index is 0.122. The molecule has 0 radical (unpaired) electrons. The number of carbonyl (C=O) groups is 2. The van der Waals surface area contributed by atoms with E-state index in [1.54, 1.807) is 23.5 Å². The highest BCUT2D eigenvalue weighted by molar-refractivity contribution is 9.11. The lowest BCUT2D eigenvalue weighted by Crippen LogP contribution is -2.42. The SMILES string of the molecule is CCn1c(SCC(=O)NNC(=O)c2ccc(Br)s2)nnc1-c1cccs1. The Labute approximate surface area is 170 Å². The Bertz CT molecular complexity index is 906. The molecule has 0 aliphatic carbocycles. The number of thiophene rings is 2. The van der Waals surface area contributed by atoms with Crippen LogP contribution in [-0.2, 0) is 11.3 Å². The Morgan fingerprint density at radius 1 is 1.27 bits per heavy atom. The number of thioether (sulfide) groups is 1. The number of amides is 2. The first kappa shape index (κ1) is 19.1. The van der Waals surface area contributed by atoms with Gasteiger partial charge in [0, 0.05) is 6.54 Å². The van der Waals surface area contributed by atoms with Crippen molar-refractivity contribution in [3.05, 3.63) is 38.3 Å². The maximum absolute atomic E-state index is 12.0. The average molecular weight is 472 g/mol. The summed E-state index contributed by atoms with van der Waals surface area (Å²) >= 11 is 7.45. The normalized spacial score (nSPS) is 10.7. The summed E-state index contributed by atoms with van der Waals surface area (Å²) in [5.74, 6) is 0.247. The van der Waals surface area contributed by atoms with E-state index >= 15 is 0 Å². The van der Waals surface area contributed by atoms with Crippen LogP contribution in [-0.4, -0.2) is 32.3 Å². The lowest BCUT2D eigenvalue weighted by molar-refractivity contribution is -0.119. The van der Waals surface area contributed by atoms with Crippen LogP contribution in [0.25, 0.3) is 10.7 Å². The standard InChI is InChI=1S/C15H14BrN5O2S3/c1-2-21-13(9-4-3-7-24-9)18-20-15(21)25-8-12(22)17-19-14(23)10-5-6-11(16)26-10/h3-7H,2,8H2,1H3,(H,17,22)(H,19,23). The molecule has 3 rings (SSSR count). The number of carbonyl (C=O) groups excluding carboxylic acids is 2. The van der Waals surface area contributed by atoms with Gasteiger partial charge in [-0.15, -0.1) is 32.9 Å². The van der Waals surface area contributed by atoms with E-state index in [0.717, 1.165) is 14.5 Å². The molecular formula is C15H14BrN5O2S3. The van der Waals surface area contributed by atoms with Gasteiger partial charge in [0.1, 0.15) is 0 Å². The van der Waals surface area contributed by atoms with Crippen LogP contribution in [0.2, 0.25) is 0 Å². The zero-order valence-electron chi connectivity index (χ0n) is 13.6. The first-order chi connectivity index (χ1) is 12.6. The number of halogens is 1. The molecule has 3 aromatic rings. The highest BCUT2D eigenvalue weighted by atomic mass is 79.9. The van der Waals surface area contributed by atoms with Crippen LogP contribution in [0.4, 0.5) is 0 Å². The first-order valence-electron chi connectivity index (χ1n) is 7.53. The fourth-order valence-electron chi connectivity index (χ4n) is 2.06. The summed E-state index contributed by atoms with van der Waals surface area (Å²) in [6.07, 6.45) is 0. The monoisotopic (exact) mass is 471 g/mol. The first-order valence-corrected chi connectivity index (χ1v) is 11.0. The van der Waals surface area contributed by atoms with Crippen LogP contribution < -0.4 is 10.9 Å². The molecular weight excluding hydrogens is 458 g/mol. The third-order valence-corrected chi connectivity index (χ3v) is 6.67. The van der Waals surface area contributed by atoms with Crippen LogP contribution in [0.1, 0.15) is 16.6 Å². The Balaban J connectivity index is 1.54. The van der Waals surface area contributed by atoms with E-state index < -0.39 is 0 Å². The number of rotatable bonds is 6. The molecule has 0 unspecified atom stereocenters. The summed E-state index contributed by atoms with van der Waals surface area (Å²) < 4.78 is 2.82. The second-order valence-electron chi connectivity index (χ2n) is 4.92. The van der Waals surface area contributed by atoms with Crippen LogP contribution in [0.3, 0.4) is 0 Å². The van der Waals surface area contributed by atoms with Crippen LogP contribution >= 0.6 is 50.4 Å². The van der Waals surface area contributed by atoms with Crippen LogP contribution in [0.15, 0.2) is 38.6 Å². The van der Waals surface area contributed by atoms with Crippen molar-refractivity contribution in [3.8, 4) is 10.7 Å². The number of nitrogens with one attached hydrogen (secondary N) is 2. The van der Waals surface area contributed by atoms with Crippen molar-refractivity contribution < 1.29 is 9.59 Å². The Morgan fingerprint density at radius 2 is 2.12 bits per heavy atom. The molecule has 26 heavy (non-hydrogen) atoms. The highest BCUT2D eigenvalue weighted by Gasteiger charge is 2.15. The third kappa shape index (κ3) is 4.53. The molecule has 7 nitrogen and oxygen atoms in total. The highest BCUT2D eigenvalue weighted by Crippen LogP contribution is 2.27. The van der Waals surface area contributed by atoms with Gasteiger partial charge < -0.3 is 4.57 Å². The van der Waals surface area contributed by atoms with Crippen molar-refractivity contribution in [2.24, 2.45) is 0 Å². The van der Waals surface area contributed by atoms with E-state index in [4.69, 9.17) is 0 Å². The summed E-state index contributed by atoms with van der Waals surface area (Å²) in [5, 5.41) is 11.0. The fourth-order valence-corrected chi connectivity index (χ4v) is 4.86. The molecule has 0 aliphatic rings. The van der Waals surface area contributed by atoms with Crippen LogP contribution in [0, 0.1) is 0 Å². The summed E-state index contributed by atoms with van der Waals surface area (Å²) in [4.78, 5) is 25.4. The van der Waals surface area contributed by atoms with Gasteiger partial charge in [0.15, 0.2) is 11.0 Å². The van der Waals surface area contributed by atoms with Gasteiger partial charge in [-0.25, -0.2) is 0 Å². The van der Waals surface area contributed by atoms with Gasteiger partial charge in [0.25, 0.3) is 5.91 Å². The molecule has 11 heteroatoms. The maximum atomic E-state index is 12.0. The maximum Gasteiger partial charge on any atom is 0.279 e. The smallest absolute Gasteiger partial charge is 0.279 e. The lowest BCUT2D eigenvalue weighted by Gasteiger charge is -2.07. The number of hydrogen-bond acceptors (Lipinski definition) is 7. The fraction of sp³-hybridized carbons (Fsp3) is 0.200. The summed E-state index contributed by atoms with van der Waals surface area (Å²) in [6.45, 7) is 2.71. The molecule has 0 saturated heterocycles. The van der Waals surface area contributed by atoms with Crippen molar-refractivity contribution in [1.29, 1.82) is 0 Å². The van der Waals surface area contributed by atoms with E-state index in [2.05, 4.69) is 37.0 Å². The topological polar surface area (TPSA) is 88.9 Å². The largest absolute Gasteiger partial charge is 0.302 e. The average Bonchev–Trinajstić information content (AvgIpc) is 3.37. The van der Waals surface area contributed by atoms with Crippen LogP contribution in [0.5, 0.6) is 0 Å². The van der Waals surface area contributed by atoms with Crippen molar-refractivity contribution in [2.75, 3.05) is 5.75 Å². The number of hydrogen-bond donors (Lipinski definition) is 2. The van der Waals surface area contributed by atoms with E-state index in [0.29, 0.717) is 16.6 Å². The third-order valence-electron chi connectivity index (χ3n) is 3.22. The second-order valence-corrected chi connectivity index (χ2v) is 9.28. The van der Waals surface area contributed by atoms with E-state index in [1.165, 1.54) is 23.1 Å². The predicted molar refractivity (Wildman–Crippen MR) is 107 cm³/mol. The Kier molecular flexibility index (Phi) is 6.46. The van der Waals surface area contributed by atoms with Gasteiger partial charge in [0.05, 0.1) is 19.3 Å². The second kappa shape index (κ2) is 8.80. The van der Waals surface area contributed by atoms with Crippen molar-refractivity contribution in [2.45, 2.75) is 18.6 Å². The molecule has 2 amide bonds. The number of hydrazine groups is 1. The molecule has 0 bridgehead atoms. The minimum Gasteiger partial charge on any atom is -0.302 e. The van der Waals surface area contributed by atoms with Gasteiger partial charge in [-0.3, -0.25) is 20.4 Å². The molecule has 3 aromatic heterocycles. The molecule has 0 fully saturated rings. The summed E-state index contributed by atoms with van der Waals surface area (Å²) in [5.41, 5.74) is 4.81. The van der Waals surface area contributed by atoms with Gasteiger partial charge in [-0.05, 0) is 46.4 Å². The molecule has 0 atom stereocenters. The summed E-state index contributed by atoms with van der Waals surface area (Å²) in [6, 6.07) is 7.41. The zero-order chi connectivity index (χ0) is 18.5. The van der Waals surface area contributed by atoms with Gasteiger partial charge in [-0.1, -0.05) is 17.8 Å². The Morgan fingerprint density at radius 3 is 2.77 bits per heavy atom.